The summed E-state index contributed by atoms with van der Waals surface area (Å²) in [5, 5.41) is 12.0. The zero-order chi connectivity index (χ0) is 40.0. The molecule has 0 radical (unpaired) electrons. The van der Waals surface area contributed by atoms with Crippen LogP contribution in [-0.4, -0.2) is 16.0 Å². The van der Waals surface area contributed by atoms with Crippen molar-refractivity contribution >= 4 is 76.3 Å². The van der Waals surface area contributed by atoms with Crippen LogP contribution in [0.1, 0.15) is 11.5 Å². The van der Waals surface area contributed by atoms with Crippen molar-refractivity contribution in [2.75, 3.05) is 4.90 Å². The minimum atomic E-state index is 0.242. The molecule has 2 aliphatic rings. The van der Waals surface area contributed by atoms with Gasteiger partial charge < -0.3 is 4.90 Å². The van der Waals surface area contributed by atoms with Gasteiger partial charge in [-0.1, -0.05) is 194 Å². The first kappa shape index (κ1) is 34.0. The van der Waals surface area contributed by atoms with E-state index < -0.39 is 0 Å². The molecule has 3 heteroatoms. The van der Waals surface area contributed by atoms with E-state index in [1.54, 1.807) is 0 Å². The first-order chi connectivity index (χ1) is 30.3. The van der Waals surface area contributed by atoms with Gasteiger partial charge >= 0.3 is 0 Å². The molecule has 0 amide bonds. The van der Waals surface area contributed by atoms with E-state index in [1.165, 1.54) is 76.9 Å². The second-order valence-electron chi connectivity index (χ2n) is 16.3. The number of aromatic nitrogens is 2. The van der Waals surface area contributed by atoms with Crippen LogP contribution in [0.2, 0.25) is 0 Å². The van der Waals surface area contributed by atoms with Crippen molar-refractivity contribution in [1.29, 1.82) is 0 Å². The van der Waals surface area contributed by atoms with Crippen LogP contribution in [0, 0.1) is 0 Å². The molecule has 1 aromatic heterocycles. The summed E-state index contributed by atoms with van der Waals surface area (Å²) < 4.78 is 0. The maximum atomic E-state index is 5.39. The van der Waals surface area contributed by atoms with Crippen molar-refractivity contribution in [2.24, 2.45) is 0 Å². The first-order valence-electron chi connectivity index (χ1n) is 21.2. The van der Waals surface area contributed by atoms with Crippen molar-refractivity contribution in [3.63, 3.8) is 0 Å². The Kier molecular flexibility index (Phi) is 7.43. The van der Waals surface area contributed by atoms with E-state index in [-0.39, 0.29) is 6.04 Å². The highest BCUT2D eigenvalue weighted by Gasteiger charge is 2.37. The third-order valence-electron chi connectivity index (χ3n) is 13.3. The number of rotatable bonds is 4. The maximum absolute atomic E-state index is 5.39. The van der Waals surface area contributed by atoms with Gasteiger partial charge in [0.2, 0.25) is 0 Å². The molecule has 1 aliphatic carbocycles. The second kappa shape index (κ2) is 13.3. The molecule has 1 aliphatic heterocycles. The summed E-state index contributed by atoms with van der Waals surface area (Å²) in [4.78, 5) is 13.0. The molecule has 61 heavy (non-hydrogen) atoms. The number of hydrogen-bond acceptors (Lipinski definition) is 3. The van der Waals surface area contributed by atoms with Crippen molar-refractivity contribution in [3.8, 4) is 33.5 Å². The van der Waals surface area contributed by atoms with Gasteiger partial charge in [0.25, 0.3) is 0 Å². The Hall–Kier alpha value is -7.88. The predicted octanol–water partition coefficient (Wildman–Crippen LogP) is 15.1. The number of benzene rings is 10. The van der Waals surface area contributed by atoms with E-state index in [0.29, 0.717) is 5.92 Å². The summed E-state index contributed by atoms with van der Waals surface area (Å²) in [6.07, 6.45) is 11.0. The molecule has 0 N–H and O–H groups in total. The number of anilines is 2. The largest absolute Gasteiger partial charge is 0.333 e. The highest BCUT2D eigenvalue weighted by Crippen LogP contribution is 2.51. The molecular formula is C58H37N3. The lowest BCUT2D eigenvalue weighted by Crippen LogP contribution is -2.28. The third kappa shape index (κ3) is 5.04. The number of allylic oxidation sites excluding steroid dienone is 2. The van der Waals surface area contributed by atoms with Gasteiger partial charge in [-0.15, -0.1) is 0 Å². The van der Waals surface area contributed by atoms with Crippen molar-refractivity contribution in [1.82, 2.24) is 9.97 Å². The normalized spacial score (nSPS) is 15.7. The molecule has 13 rings (SSSR count). The minimum absolute atomic E-state index is 0.242. The topological polar surface area (TPSA) is 29.0 Å². The molecule has 10 aromatic carbocycles. The summed E-state index contributed by atoms with van der Waals surface area (Å²) in [7, 11) is 0. The predicted molar refractivity (Wildman–Crippen MR) is 257 cm³/mol. The molecule has 0 fully saturated rings. The van der Waals surface area contributed by atoms with Crippen molar-refractivity contribution in [2.45, 2.75) is 12.0 Å². The maximum Gasteiger partial charge on any atom is 0.0979 e. The monoisotopic (exact) mass is 775 g/mol. The Bertz CT molecular complexity index is 3650. The summed E-state index contributed by atoms with van der Waals surface area (Å²) in [6.45, 7) is 0. The molecule has 0 bridgehead atoms. The summed E-state index contributed by atoms with van der Waals surface area (Å²) in [6, 6.07) is 66.7. The van der Waals surface area contributed by atoms with Gasteiger partial charge in [0.15, 0.2) is 0 Å². The lowest BCUT2D eigenvalue weighted by Gasteiger charge is -2.30. The Morgan fingerprint density at radius 1 is 0.344 bits per heavy atom. The molecule has 2 atom stereocenters. The van der Waals surface area contributed by atoms with Gasteiger partial charge in [-0.25, -0.2) is 4.98 Å². The number of para-hydroxylation sites is 1. The van der Waals surface area contributed by atoms with Gasteiger partial charge in [-0.2, -0.15) is 0 Å². The zero-order valence-electron chi connectivity index (χ0n) is 33.2. The molecule has 0 saturated heterocycles. The zero-order valence-corrected chi connectivity index (χ0v) is 33.2. The van der Waals surface area contributed by atoms with Gasteiger partial charge in [0, 0.05) is 39.0 Å². The molecule has 11 aromatic rings. The van der Waals surface area contributed by atoms with E-state index in [9.17, 15) is 0 Å². The average molecular weight is 776 g/mol. The molecule has 0 spiro atoms. The fraction of sp³-hybridized carbons (Fsp3) is 0.0345. The summed E-state index contributed by atoms with van der Waals surface area (Å²) in [5.74, 6) is 0.336. The summed E-state index contributed by atoms with van der Waals surface area (Å²) >= 11 is 0. The number of fused-ring (bicyclic) bond motifs is 12. The summed E-state index contributed by atoms with van der Waals surface area (Å²) in [5.41, 5.74) is 12.6. The van der Waals surface area contributed by atoms with Crippen LogP contribution in [0.25, 0.3) is 98.4 Å². The number of hydrogen-bond donors (Lipinski definition) is 0. The molecule has 2 heterocycles. The molecule has 284 valence electrons. The quantitative estimate of drug-likeness (QED) is 0.167. The minimum Gasteiger partial charge on any atom is -0.333 e. The van der Waals surface area contributed by atoms with Crippen LogP contribution in [0.15, 0.2) is 212 Å². The van der Waals surface area contributed by atoms with E-state index in [2.05, 4.69) is 211 Å². The van der Waals surface area contributed by atoms with Crippen LogP contribution >= 0.6 is 0 Å². The Balaban J connectivity index is 0.955. The fourth-order valence-corrected chi connectivity index (χ4v) is 10.6. The van der Waals surface area contributed by atoms with E-state index in [1.807, 2.05) is 6.20 Å². The van der Waals surface area contributed by atoms with E-state index in [0.717, 1.165) is 38.4 Å². The average Bonchev–Trinajstić information content (AvgIpc) is 3.67. The number of nitrogens with zero attached hydrogens (tertiary/aromatic N) is 3. The lowest BCUT2D eigenvalue weighted by molar-refractivity contribution is 0.746. The van der Waals surface area contributed by atoms with E-state index in [4.69, 9.17) is 9.97 Å². The SMILES string of the molecule is C1=CC2c3ccccc3N(c3ccc(-c4ccc(-c5ccc(-c6cnc7c8ccccc8c8ccccc8c7n6)c6ccccc56)c5ccccc45)c4ccccc34)C2C=C1. The van der Waals surface area contributed by atoms with Crippen LogP contribution in [0.4, 0.5) is 11.4 Å². The van der Waals surface area contributed by atoms with Crippen LogP contribution in [0.5, 0.6) is 0 Å². The van der Waals surface area contributed by atoms with Crippen molar-refractivity contribution < 1.29 is 0 Å². The van der Waals surface area contributed by atoms with Gasteiger partial charge in [0.05, 0.1) is 29.0 Å². The van der Waals surface area contributed by atoms with Crippen LogP contribution < -0.4 is 4.90 Å². The van der Waals surface area contributed by atoms with Gasteiger partial charge in [0.1, 0.15) is 0 Å². The lowest BCUT2D eigenvalue weighted by atomic mass is 9.87. The molecule has 2 unspecified atom stereocenters. The van der Waals surface area contributed by atoms with Crippen LogP contribution in [0.3, 0.4) is 0 Å². The first-order valence-corrected chi connectivity index (χ1v) is 21.2. The van der Waals surface area contributed by atoms with Crippen LogP contribution in [-0.2, 0) is 0 Å². The molecule has 0 saturated carbocycles. The fourth-order valence-electron chi connectivity index (χ4n) is 10.6. The highest BCUT2D eigenvalue weighted by molar-refractivity contribution is 6.23. The smallest absolute Gasteiger partial charge is 0.0979 e. The Morgan fingerprint density at radius 2 is 0.787 bits per heavy atom. The van der Waals surface area contributed by atoms with Crippen molar-refractivity contribution in [3.05, 3.63) is 218 Å². The van der Waals surface area contributed by atoms with Gasteiger partial charge in [-0.05, 0) is 77.7 Å². The highest BCUT2D eigenvalue weighted by atomic mass is 15.2. The Morgan fingerprint density at radius 3 is 1.41 bits per heavy atom. The Labute approximate surface area is 353 Å². The van der Waals surface area contributed by atoms with E-state index >= 15 is 0 Å². The molecular weight excluding hydrogens is 739 g/mol. The second-order valence-corrected chi connectivity index (χ2v) is 16.3. The van der Waals surface area contributed by atoms with Gasteiger partial charge in [-0.3, -0.25) is 4.98 Å². The standard InChI is InChI=1S/C58H37N3/c1-2-16-37-36(15-1)43(29-30-44(37)46-33-34-56(48-22-8-5-19-40(46)48)61-54-27-13-11-23-49(54)50-24-12-14-28-55(50)61)45-31-32-47(39-18-4-3-17-38(39)45)53-35-59-57-51-25-9-6-20-41(51)42-21-7-10-26-52(42)58(57)60-53/h1-35,49,54H. The molecule has 3 nitrogen and oxygen atoms in total. The third-order valence-corrected chi connectivity index (χ3v) is 13.3.